The molecule has 1 N–H and O–H groups in total. The molecule has 2 unspecified atom stereocenters. The summed E-state index contributed by atoms with van der Waals surface area (Å²) in [5.74, 6) is 0.202. The van der Waals surface area contributed by atoms with Gasteiger partial charge in [0.25, 0.3) is 0 Å². The predicted octanol–water partition coefficient (Wildman–Crippen LogP) is 2.28. The van der Waals surface area contributed by atoms with Crippen LogP contribution in [0.1, 0.15) is 17.8 Å². The zero-order chi connectivity index (χ0) is 15.9. The molecular weight excluding hydrogens is 369 g/mol. The van der Waals surface area contributed by atoms with Crippen molar-refractivity contribution in [3.05, 3.63) is 22.4 Å². The minimum Gasteiger partial charge on any atom is -0.379 e. The van der Waals surface area contributed by atoms with Crippen LogP contribution in [-0.4, -0.2) is 69.2 Å². The molecule has 0 saturated carbocycles. The van der Waals surface area contributed by atoms with Crippen molar-refractivity contribution in [1.29, 1.82) is 0 Å². The number of carbonyl (C=O) groups is 1. The number of hydrogen-bond acceptors (Lipinski definition) is 5. The van der Waals surface area contributed by atoms with Gasteiger partial charge in [0.2, 0.25) is 5.91 Å². The summed E-state index contributed by atoms with van der Waals surface area (Å²) in [7, 11) is 3.79. The Balaban J connectivity index is 0.00000264. The molecule has 0 aliphatic carbocycles. The van der Waals surface area contributed by atoms with Gasteiger partial charge in [-0.3, -0.25) is 9.69 Å². The molecule has 2 heterocycles. The number of hydrogen-bond donors (Lipinski definition) is 1. The second-order valence-corrected chi connectivity index (χ2v) is 6.84. The fraction of sp³-hybridized carbons (Fsp3) is 0.688. The molecule has 1 amide bonds. The fourth-order valence-electron chi connectivity index (χ4n) is 2.87. The lowest BCUT2D eigenvalue weighted by atomic mass is 10.1. The molecule has 2 atom stereocenters. The summed E-state index contributed by atoms with van der Waals surface area (Å²) in [5.41, 5.74) is 0. The number of morpholine rings is 1. The van der Waals surface area contributed by atoms with Crippen LogP contribution in [0.3, 0.4) is 0 Å². The number of likely N-dealkylation sites (N-methyl/N-ethyl adjacent to an activating group) is 1. The van der Waals surface area contributed by atoms with Gasteiger partial charge in [-0.1, -0.05) is 13.0 Å². The van der Waals surface area contributed by atoms with Gasteiger partial charge in [0.05, 0.1) is 19.3 Å². The van der Waals surface area contributed by atoms with Crippen LogP contribution < -0.4 is 5.32 Å². The Morgan fingerprint density at radius 2 is 2.08 bits per heavy atom. The van der Waals surface area contributed by atoms with Gasteiger partial charge in [-0.2, -0.15) is 0 Å². The SMILES string of the molecule is CNCC(C)C(=O)N(C)CC(c1cccs1)N1CCOCC1.Cl.Cl. The summed E-state index contributed by atoms with van der Waals surface area (Å²) in [6.45, 7) is 6.82. The largest absolute Gasteiger partial charge is 0.379 e. The maximum atomic E-state index is 12.5. The van der Waals surface area contributed by atoms with Crippen molar-refractivity contribution in [2.75, 3.05) is 53.5 Å². The summed E-state index contributed by atoms with van der Waals surface area (Å²) in [5, 5.41) is 5.18. The summed E-state index contributed by atoms with van der Waals surface area (Å²) in [4.78, 5) is 18.1. The van der Waals surface area contributed by atoms with Gasteiger partial charge in [-0.05, 0) is 18.5 Å². The van der Waals surface area contributed by atoms with E-state index < -0.39 is 0 Å². The molecule has 1 aromatic heterocycles. The molecule has 5 nitrogen and oxygen atoms in total. The molecular formula is C16H29Cl2N3O2S. The number of nitrogens with zero attached hydrogens (tertiary/aromatic N) is 2. The van der Waals surface area contributed by atoms with E-state index in [4.69, 9.17) is 4.74 Å². The van der Waals surface area contributed by atoms with Crippen molar-refractivity contribution in [2.45, 2.75) is 13.0 Å². The first-order valence-corrected chi connectivity index (χ1v) is 8.76. The van der Waals surface area contributed by atoms with Crippen molar-refractivity contribution in [2.24, 2.45) is 5.92 Å². The Labute approximate surface area is 161 Å². The lowest BCUT2D eigenvalue weighted by Crippen LogP contribution is -2.45. The first-order chi connectivity index (χ1) is 10.6. The molecule has 1 saturated heterocycles. The number of amides is 1. The van der Waals surface area contributed by atoms with Gasteiger partial charge in [0, 0.05) is 44.0 Å². The van der Waals surface area contributed by atoms with E-state index in [1.807, 2.05) is 25.9 Å². The average Bonchev–Trinajstić information content (AvgIpc) is 3.06. The summed E-state index contributed by atoms with van der Waals surface area (Å²) >= 11 is 1.76. The van der Waals surface area contributed by atoms with Crippen LogP contribution in [0.4, 0.5) is 0 Å². The van der Waals surface area contributed by atoms with Gasteiger partial charge in [-0.15, -0.1) is 36.2 Å². The summed E-state index contributed by atoms with van der Waals surface area (Å²) in [6, 6.07) is 4.51. The van der Waals surface area contributed by atoms with Crippen LogP contribution in [0.2, 0.25) is 0 Å². The maximum absolute atomic E-state index is 12.5. The number of carbonyl (C=O) groups excluding carboxylic acids is 1. The zero-order valence-electron chi connectivity index (χ0n) is 14.6. The molecule has 8 heteroatoms. The van der Waals surface area contributed by atoms with Crippen LogP contribution in [0.15, 0.2) is 17.5 Å². The second kappa shape index (κ2) is 12.1. The molecule has 1 aromatic rings. The Morgan fingerprint density at radius 1 is 1.42 bits per heavy atom. The van der Waals surface area contributed by atoms with Crippen molar-refractivity contribution >= 4 is 42.1 Å². The van der Waals surface area contributed by atoms with E-state index in [1.54, 1.807) is 11.3 Å². The van der Waals surface area contributed by atoms with Crippen LogP contribution >= 0.6 is 36.2 Å². The van der Waals surface area contributed by atoms with Crippen LogP contribution in [0.5, 0.6) is 0 Å². The quantitative estimate of drug-likeness (QED) is 0.766. The third-order valence-corrected chi connectivity index (χ3v) is 5.09. The Morgan fingerprint density at radius 3 is 2.62 bits per heavy atom. The smallest absolute Gasteiger partial charge is 0.226 e. The zero-order valence-corrected chi connectivity index (χ0v) is 17.0. The summed E-state index contributed by atoms with van der Waals surface area (Å²) < 4.78 is 5.46. The standard InChI is InChI=1S/C16H27N3O2S.2ClH/c1-13(11-17-2)16(20)18(3)12-14(15-5-4-10-22-15)19-6-8-21-9-7-19;;/h4-5,10,13-14,17H,6-9,11-12H2,1-3H3;2*1H. The number of halogens is 2. The minimum absolute atomic E-state index is 0. The maximum Gasteiger partial charge on any atom is 0.226 e. The lowest BCUT2D eigenvalue weighted by molar-refractivity contribution is -0.134. The van der Waals surface area contributed by atoms with Crippen LogP contribution in [0, 0.1) is 5.92 Å². The first kappa shape index (κ1) is 23.6. The topological polar surface area (TPSA) is 44.8 Å². The molecule has 24 heavy (non-hydrogen) atoms. The average molecular weight is 398 g/mol. The van der Waals surface area contributed by atoms with Gasteiger partial charge in [-0.25, -0.2) is 0 Å². The highest BCUT2D eigenvalue weighted by Gasteiger charge is 2.27. The summed E-state index contributed by atoms with van der Waals surface area (Å²) in [6.07, 6.45) is 0. The number of rotatable bonds is 7. The van der Waals surface area contributed by atoms with Crippen molar-refractivity contribution in [1.82, 2.24) is 15.1 Å². The Bertz CT molecular complexity index is 456. The molecule has 140 valence electrons. The predicted molar refractivity (Wildman–Crippen MR) is 105 cm³/mol. The molecule has 1 fully saturated rings. The Kier molecular flexibility index (Phi) is 11.9. The number of thiophene rings is 1. The Hall–Kier alpha value is -0.370. The first-order valence-electron chi connectivity index (χ1n) is 7.88. The van der Waals surface area contributed by atoms with Gasteiger partial charge in [0.15, 0.2) is 0 Å². The normalized spacial score (nSPS) is 17.3. The van der Waals surface area contributed by atoms with E-state index in [1.165, 1.54) is 4.88 Å². The third-order valence-electron chi connectivity index (χ3n) is 4.11. The number of ether oxygens (including phenoxy) is 1. The molecule has 2 rings (SSSR count). The fourth-order valence-corrected chi connectivity index (χ4v) is 3.73. The highest BCUT2D eigenvalue weighted by molar-refractivity contribution is 7.10. The van der Waals surface area contributed by atoms with Crippen LogP contribution in [0.25, 0.3) is 0 Å². The third kappa shape index (κ3) is 6.50. The van der Waals surface area contributed by atoms with E-state index in [0.717, 1.165) is 32.8 Å². The van der Waals surface area contributed by atoms with Crippen molar-refractivity contribution in [3.8, 4) is 0 Å². The van der Waals surface area contributed by atoms with E-state index in [0.29, 0.717) is 6.54 Å². The van der Waals surface area contributed by atoms with Gasteiger partial charge >= 0.3 is 0 Å². The minimum atomic E-state index is 0. The molecule has 0 aromatic carbocycles. The van der Waals surface area contributed by atoms with E-state index in [9.17, 15) is 4.79 Å². The number of nitrogens with one attached hydrogen (secondary N) is 1. The molecule has 1 aliphatic rings. The molecule has 0 bridgehead atoms. The molecule has 0 spiro atoms. The molecule has 0 radical (unpaired) electrons. The highest BCUT2D eigenvalue weighted by atomic mass is 35.5. The molecule has 1 aliphatic heterocycles. The van der Waals surface area contributed by atoms with Gasteiger partial charge < -0.3 is 15.0 Å². The van der Waals surface area contributed by atoms with Crippen LogP contribution in [-0.2, 0) is 9.53 Å². The van der Waals surface area contributed by atoms with E-state index in [2.05, 4.69) is 27.7 Å². The monoisotopic (exact) mass is 397 g/mol. The highest BCUT2D eigenvalue weighted by Crippen LogP contribution is 2.27. The van der Waals surface area contributed by atoms with E-state index in [-0.39, 0.29) is 42.7 Å². The second-order valence-electron chi connectivity index (χ2n) is 5.86. The van der Waals surface area contributed by atoms with E-state index >= 15 is 0 Å². The lowest BCUT2D eigenvalue weighted by Gasteiger charge is -2.36. The van der Waals surface area contributed by atoms with Crippen molar-refractivity contribution in [3.63, 3.8) is 0 Å². The van der Waals surface area contributed by atoms with Crippen molar-refractivity contribution < 1.29 is 9.53 Å². The van der Waals surface area contributed by atoms with Gasteiger partial charge in [0.1, 0.15) is 0 Å².